The van der Waals surface area contributed by atoms with E-state index in [0.717, 1.165) is 15.6 Å². The minimum Gasteiger partial charge on any atom is -0.495 e. The molecule has 2 aromatic carbocycles. The van der Waals surface area contributed by atoms with E-state index in [1.165, 1.54) is 0 Å². The van der Waals surface area contributed by atoms with Gasteiger partial charge in [0.15, 0.2) is 0 Å². The van der Waals surface area contributed by atoms with E-state index in [9.17, 15) is 5.11 Å². The number of aliphatic hydroxyl groups excluding tert-OH is 1. The Morgan fingerprint density at radius 2 is 1.94 bits per heavy atom. The smallest absolute Gasteiger partial charge is 0.137 e. The predicted octanol–water partition coefficient (Wildman–Crippen LogP) is 4.19. The summed E-state index contributed by atoms with van der Waals surface area (Å²) in [5.41, 5.74) is 1.53. The Morgan fingerprint density at radius 1 is 1.22 bits per heavy atom. The number of benzene rings is 2. The van der Waals surface area contributed by atoms with Gasteiger partial charge < -0.3 is 9.84 Å². The molecule has 4 heteroatoms. The zero-order valence-corrected chi connectivity index (χ0v) is 12.1. The molecule has 0 fully saturated rings. The number of hydrogen-bond donors (Lipinski definition) is 1. The topological polar surface area (TPSA) is 29.5 Å². The van der Waals surface area contributed by atoms with Gasteiger partial charge in [-0.05, 0) is 29.3 Å². The summed E-state index contributed by atoms with van der Waals surface area (Å²) in [7, 11) is 1.56. The SMILES string of the molecule is COc1ccc(C(O)c2ccccc2Br)cc1Cl. The van der Waals surface area contributed by atoms with Crippen molar-refractivity contribution in [2.45, 2.75) is 6.10 Å². The van der Waals surface area contributed by atoms with Crippen LogP contribution in [0.25, 0.3) is 0 Å². The van der Waals surface area contributed by atoms with Crippen molar-refractivity contribution in [1.29, 1.82) is 0 Å². The maximum Gasteiger partial charge on any atom is 0.137 e. The van der Waals surface area contributed by atoms with Crippen LogP contribution in [0.5, 0.6) is 5.75 Å². The van der Waals surface area contributed by atoms with E-state index in [2.05, 4.69) is 15.9 Å². The van der Waals surface area contributed by atoms with Gasteiger partial charge in [0.2, 0.25) is 0 Å². The maximum atomic E-state index is 10.3. The van der Waals surface area contributed by atoms with Gasteiger partial charge in [-0.25, -0.2) is 0 Å². The number of hydrogen-bond acceptors (Lipinski definition) is 2. The Balaban J connectivity index is 2.37. The summed E-state index contributed by atoms with van der Waals surface area (Å²) in [6.07, 6.45) is -0.719. The van der Waals surface area contributed by atoms with E-state index in [4.69, 9.17) is 16.3 Å². The first-order chi connectivity index (χ1) is 8.63. The quantitative estimate of drug-likeness (QED) is 0.916. The molecule has 1 atom stereocenters. The standard InChI is InChI=1S/C14H12BrClO2/c1-18-13-7-6-9(8-12(13)16)14(17)10-4-2-3-5-11(10)15/h2-8,14,17H,1H3. The summed E-state index contributed by atoms with van der Waals surface area (Å²) in [6, 6.07) is 12.8. The van der Waals surface area contributed by atoms with Crippen LogP contribution in [0, 0.1) is 0 Å². The third kappa shape index (κ3) is 2.69. The molecule has 0 saturated carbocycles. The van der Waals surface area contributed by atoms with Crippen LogP contribution in [0.4, 0.5) is 0 Å². The average Bonchev–Trinajstić information content (AvgIpc) is 2.38. The van der Waals surface area contributed by atoms with Crippen molar-refractivity contribution < 1.29 is 9.84 Å². The highest BCUT2D eigenvalue weighted by molar-refractivity contribution is 9.10. The molecule has 1 unspecified atom stereocenters. The molecule has 18 heavy (non-hydrogen) atoms. The second-order valence-corrected chi connectivity index (χ2v) is 5.08. The second kappa shape index (κ2) is 5.74. The number of aliphatic hydroxyl groups is 1. The van der Waals surface area contributed by atoms with Crippen LogP contribution in [0.1, 0.15) is 17.2 Å². The number of ether oxygens (including phenoxy) is 1. The monoisotopic (exact) mass is 326 g/mol. The molecule has 0 amide bonds. The van der Waals surface area contributed by atoms with E-state index in [1.807, 2.05) is 24.3 Å². The van der Waals surface area contributed by atoms with Crippen LogP contribution in [0.15, 0.2) is 46.9 Å². The van der Waals surface area contributed by atoms with E-state index in [-0.39, 0.29) is 0 Å². The Labute approximate surface area is 119 Å². The summed E-state index contributed by atoms with van der Waals surface area (Å²) < 4.78 is 5.95. The molecular weight excluding hydrogens is 316 g/mol. The van der Waals surface area contributed by atoms with Gasteiger partial charge in [-0.1, -0.05) is 51.8 Å². The normalized spacial score (nSPS) is 12.2. The Bertz CT molecular complexity index is 557. The van der Waals surface area contributed by atoms with Crippen LogP contribution >= 0.6 is 27.5 Å². The molecule has 0 bridgehead atoms. The molecule has 1 N–H and O–H groups in total. The Morgan fingerprint density at radius 3 is 2.56 bits per heavy atom. The van der Waals surface area contributed by atoms with Crippen LogP contribution < -0.4 is 4.74 Å². The lowest BCUT2D eigenvalue weighted by Crippen LogP contribution is -2.00. The van der Waals surface area contributed by atoms with Gasteiger partial charge in [-0.3, -0.25) is 0 Å². The summed E-state index contributed by atoms with van der Waals surface area (Å²) in [5, 5.41) is 10.8. The fourth-order valence-corrected chi connectivity index (χ4v) is 2.50. The van der Waals surface area contributed by atoms with Crippen molar-refractivity contribution in [1.82, 2.24) is 0 Å². The zero-order chi connectivity index (χ0) is 13.1. The van der Waals surface area contributed by atoms with Gasteiger partial charge in [0, 0.05) is 4.47 Å². The fourth-order valence-electron chi connectivity index (χ4n) is 1.73. The highest BCUT2D eigenvalue weighted by Gasteiger charge is 2.14. The predicted molar refractivity (Wildman–Crippen MR) is 76.2 cm³/mol. The Hall–Kier alpha value is -1.03. The molecule has 94 valence electrons. The van der Waals surface area contributed by atoms with Gasteiger partial charge in [0.05, 0.1) is 12.1 Å². The van der Waals surface area contributed by atoms with Crippen molar-refractivity contribution in [3.63, 3.8) is 0 Å². The van der Waals surface area contributed by atoms with Crippen molar-refractivity contribution >= 4 is 27.5 Å². The maximum absolute atomic E-state index is 10.3. The first-order valence-corrected chi connectivity index (χ1v) is 6.56. The van der Waals surface area contributed by atoms with Gasteiger partial charge in [-0.2, -0.15) is 0 Å². The molecule has 2 nitrogen and oxygen atoms in total. The lowest BCUT2D eigenvalue weighted by molar-refractivity contribution is 0.219. The van der Waals surface area contributed by atoms with Crippen molar-refractivity contribution in [2.24, 2.45) is 0 Å². The largest absolute Gasteiger partial charge is 0.495 e. The molecule has 0 aliphatic carbocycles. The van der Waals surface area contributed by atoms with E-state index in [1.54, 1.807) is 25.3 Å². The molecule has 0 aliphatic rings. The summed E-state index contributed by atoms with van der Waals surface area (Å²) >= 11 is 9.48. The number of rotatable bonds is 3. The van der Waals surface area contributed by atoms with Crippen LogP contribution in [-0.2, 0) is 0 Å². The first kappa shape index (κ1) is 13.4. The lowest BCUT2D eigenvalue weighted by Gasteiger charge is -2.14. The second-order valence-electron chi connectivity index (χ2n) is 3.82. The van der Waals surface area contributed by atoms with Crippen molar-refractivity contribution in [3.8, 4) is 5.75 Å². The molecule has 0 heterocycles. The van der Waals surface area contributed by atoms with E-state index in [0.29, 0.717) is 10.8 Å². The van der Waals surface area contributed by atoms with Crippen LogP contribution in [0.2, 0.25) is 5.02 Å². The first-order valence-electron chi connectivity index (χ1n) is 5.39. The minimum atomic E-state index is -0.719. The average molecular weight is 328 g/mol. The number of methoxy groups -OCH3 is 1. The van der Waals surface area contributed by atoms with Crippen LogP contribution in [-0.4, -0.2) is 12.2 Å². The van der Waals surface area contributed by atoms with Gasteiger partial charge in [0.1, 0.15) is 11.9 Å². The summed E-state index contributed by atoms with van der Waals surface area (Å²) in [5.74, 6) is 0.597. The fraction of sp³-hybridized carbons (Fsp3) is 0.143. The van der Waals surface area contributed by atoms with Gasteiger partial charge in [0.25, 0.3) is 0 Å². The highest BCUT2D eigenvalue weighted by Crippen LogP contribution is 2.32. The Kier molecular flexibility index (Phi) is 4.27. The molecule has 2 rings (SSSR count). The summed E-state index contributed by atoms with van der Waals surface area (Å²) in [6.45, 7) is 0. The molecule has 0 saturated heterocycles. The lowest BCUT2D eigenvalue weighted by atomic mass is 10.0. The van der Waals surface area contributed by atoms with Gasteiger partial charge in [-0.15, -0.1) is 0 Å². The molecular formula is C14H12BrClO2. The van der Waals surface area contributed by atoms with E-state index >= 15 is 0 Å². The minimum absolute atomic E-state index is 0.487. The molecule has 0 spiro atoms. The van der Waals surface area contributed by atoms with Gasteiger partial charge >= 0.3 is 0 Å². The number of halogens is 2. The summed E-state index contributed by atoms with van der Waals surface area (Å²) in [4.78, 5) is 0. The van der Waals surface area contributed by atoms with Crippen molar-refractivity contribution in [3.05, 3.63) is 63.1 Å². The molecule has 0 radical (unpaired) electrons. The molecule has 0 aliphatic heterocycles. The molecule has 2 aromatic rings. The zero-order valence-electron chi connectivity index (χ0n) is 9.73. The third-order valence-corrected chi connectivity index (χ3v) is 3.71. The molecule has 0 aromatic heterocycles. The third-order valence-electron chi connectivity index (χ3n) is 2.69. The van der Waals surface area contributed by atoms with E-state index < -0.39 is 6.10 Å². The van der Waals surface area contributed by atoms with Crippen molar-refractivity contribution in [2.75, 3.05) is 7.11 Å². The van der Waals surface area contributed by atoms with Crippen LogP contribution in [0.3, 0.4) is 0 Å². The highest BCUT2D eigenvalue weighted by atomic mass is 79.9.